The van der Waals surface area contributed by atoms with Gasteiger partial charge in [-0.25, -0.2) is 14.8 Å². The molecule has 0 aromatic carbocycles. The summed E-state index contributed by atoms with van der Waals surface area (Å²) in [6, 6.07) is 3.39. The summed E-state index contributed by atoms with van der Waals surface area (Å²) >= 11 is 0. The van der Waals surface area contributed by atoms with Crippen molar-refractivity contribution in [2.45, 2.75) is 50.7 Å². The predicted molar refractivity (Wildman–Crippen MR) is 107 cm³/mol. The van der Waals surface area contributed by atoms with Crippen molar-refractivity contribution >= 4 is 23.3 Å². The molecule has 2 bridgehead atoms. The van der Waals surface area contributed by atoms with E-state index >= 15 is 0 Å². The molecule has 2 atom stereocenters. The zero-order valence-electron chi connectivity index (χ0n) is 16.5. The molecule has 2 N–H and O–H groups in total. The lowest BCUT2D eigenvalue weighted by Gasteiger charge is -2.37. The number of aromatic nitrogens is 3. The number of carbonyl (C=O) groups excluding carboxylic acids is 1. The van der Waals surface area contributed by atoms with Crippen LogP contribution >= 0.6 is 0 Å². The largest absolute Gasteiger partial charge is 0.465 e. The third-order valence-electron chi connectivity index (χ3n) is 5.80. The molecule has 2 aromatic heterocycles. The van der Waals surface area contributed by atoms with Crippen LogP contribution < -0.4 is 10.6 Å². The monoisotopic (exact) mass is 382 g/mol. The zero-order chi connectivity index (χ0) is 19.7. The average molecular weight is 382 g/mol. The fourth-order valence-corrected chi connectivity index (χ4v) is 4.25. The fourth-order valence-electron chi connectivity index (χ4n) is 4.25. The smallest absolute Gasteiger partial charge is 0.341 e. The Morgan fingerprint density at radius 1 is 1.11 bits per heavy atom. The molecule has 4 rings (SSSR count). The number of nitrogens with one attached hydrogen (secondary N) is 2. The number of carbonyl (C=O) groups is 1. The summed E-state index contributed by atoms with van der Waals surface area (Å²) in [7, 11) is 3.60. The van der Waals surface area contributed by atoms with Gasteiger partial charge in [0.1, 0.15) is 17.2 Å². The van der Waals surface area contributed by atoms with Crippen LogP contribution in [0.25, 0.3) is 0 Å². The third kappa shape index (κ3) is 3.77. The molecule has 2 aromatic rings. The molecule has 2 saturated heterocycles. The number of methoxy groups -OCH3 is 1. The van der Waals surface area contributed by atoms with Crippen LogP contribution in [0, 0.1) is 6.92 Å². The average Bonchev–Trinajstić information content (AvgIpc) is 2.90. The summed E-state index contributed by atoms with van der Waals surface area (Å²) in [4.78, 5) is 27.6. The third-order valence-corrected chi connectivity index (χ3v) is 5.80. The van der Waals surface area contributed by atoms with Crippen molar-refractivity contribution in [3.8, 4) is 0 Å². The second-order valence-corrected chi connectivity index (χ2v) is 7.64. The standard InChI is InChI=1S/C20H26N6O2/c1-12-9-22-19(11-21-12)25-18-8-17(16(10-23-18)20(27)28-3)24-13-6-14-4-5-15(7-13)26(14)2/h8-11,13-15H,4-7H2,1-3H3,(H2,22,23,24,25). The molecule has 8 nitrogen and oxygen atoms in total. The van der Waals surface area contributed by atoms with Crippen LogP contribution in [0.1, 0.15) is 41.7 Å². The van der Waals surface area contributed by atoms with Crippen molar-refractivity contribution in [3.05, 3.63) is 35.9 Å². The number of esters is 1. The second-order valence-electron chi connectivity index (χ2n) is 7.64. The van der Waals surface area contributed by atoms with Crippen LogP contribution in [0.2, 0.25) is 0 Å². The van der Waals surface area contributed by atoms with E-state index in [1.165, 1.54) is 20.0 Å². The highest BCUT2D eigenvalue weighted by molar-refractivity contribution is 5.96. The highest BCUT2D eigenvalue weighted by atomic mass is 16.5. The lowest BCUT2D eigenvalue weighted by Crippen LogP contribution is -2.44. The Hall–Kier alpha value is -2.74. The molecule has 0 amide bonds. The van der Waals surface area contributed by atoms with E-state index in [4.69, 9.17) is 4.74 Å². The summed E-state index contributed by atoms with van der Waals surface area (Å²) in [5, 5.41) is 6.72. The predicted octanol–water partition coefficient (Wildman–Crippen LogP) is 2.75. The van der Waals surface area contributed by atoms with Crippen LogP contribution in [-0.4, -0.2) is 58.1 Å². The summed E-state index contributed by atoms with van der Waals surface area (Å²) in [5.41, 5.74) is 2.02. The van der Waals surface area contributed by atoms with Gasteiger partial charge in [0.15, 0.2) is 0 Å². The first-order valence-corrected chi connectivity index (χ1v) is 9.66. The molecule has 0 radical (unpaired) electrons. The van der Waals surface area contributed by atoms with Gasteiger partial charge in [0.05, 0.1) is 30.9 Å². The van der Waals surface area contributed by atoms with Crippen molar-refractivity contribution < 1.29 is 9.53 Å². The van der Waals surface area contributed by atoms with E-state index in [1.807, 2.05) is 13.0 Å². The van der Waals surface area contributed by atoms with Gasteiger partial charge < -0.3 is 20.3 Å². The van der Waals surface area contributed by atoms with Crippen molar-refractivity contribution in [1.29, 1.82) is 0 Å². The minimum Gasteiger partial charge on any atom is -0.465 e. The highest BCUT2D eigenvalue weighted by Crippen LogP contribution is 2.36. The van der Waals surface area contributed by atoms with Gasteiger partial charge in [-0.3, -0.25) is 4.98 Å². The number of hydrogen-bond acceptors (Lipinski definition) is 8. The quantitative estimate of drug-likeness (QED) is 0.763. The van der Waals surface area contributed by atoms with E-state index in [0.717, 1.165) is 24.2 Å². The van der Waals surface area contributed by atoms with E-state index in [9.17, 15) is 4.79 Å². The number of fused-ring (bicyclic) bond motifs is 2. The van der Waals surface area contributed by atoms with Gasteiger partial charge in [0.2, 0.25) is 0 Å². The van der Waals surface area contributed by atoms with Crippen molar-refractivity contribution in [2.24, 2.45) is 0 Å². The van der Waals surface area contributed by atoms with Crippen molar-refractivity contribution in [1.82, 2.24) is 19.9 Å². The number of aryl methyl sites for hydroxylation is 1. The normalized spacial score (nSPS) is 24.0. The summed E-state index contributed by atoms with van der Waals surface area (Å²) in [6.07, 6.45) is 9.54. The first kappa shape index (κ1) is 18.6. The van der Waals surface area contributed by atoms with E-state index in [1.54, 1.807) is 18.6 Å². The maximum atomic E-state index is 12.2. The van der Waals surface area contributed by atoms with Gasteiger partial charge in [0.25, 0.3) is 0 Å². The Kier molecular flexibility index (Phi) is 5.13. The lowest BCUT2D eigenvalue weighted by molar-refractivity contribution is 0.0601. The van der Waals surface area contributed by atoms with Crippen molar-refractivity contribution in [2.75, 3.05) is 24.8 Å². The molecule has 2 fully saturated rings. The zero-order valence-corrected chi connectivity index (χ0v) is 16.5. The SMILES string of the molecule is COC(=O)c1cnc(Nc2cnc(C)cn2)cc1NC1CC2CCC(C1)N2C. The molecule has 2 aliphatic rings. The number of piperidine rings is 1. The number of nitrogens with zero attached hydrogens (tertiary/aromatic N) is 4. The first-order valence-electron chi connectivity index (χ1n) is 9.66. The van der Waals surface area contributed by atoms with E-state index in [-0.39, 0.29) is 0 Å². The van der Waals surface area contributed by atoms with Crippen LogP contribution in [0.5, 0.6) is 0 Å². The van der Waals surface area contributed by atoms with Crippen molar-refractivity contribution in [3.63, 3.8) is 0 Å². The molecule has 2 aliphatic heterocycles. The molecule has 148 valence electrons. The van der Waals surface area contributed by atoms with Gasteiger partial charge in [0, 0.05) is 30.4 Å². The van der Waals surface area contributed by atoms with E-state index in [0.29, 0.717) is 35.3 Å². The Morgan fingerprint density at radius 3 is 2.46 bits per heavy atom. The minimum absolute atomic E-state index is 0.325. The van der Waals surface area contributed by atoms with Crippen LogP contribution in [0.15, 0.2) is 24.7 Å². The van der Waals surface area contributed by atoms with Gasteiger partial charge in [-0.05, 0) is 39.7 Å². The second kappa shape index (κ2) is 7.71. The Morgan fingerprint density at radius 2 is 1.82 bits per heavy atom. The maximum absolute atomic E-state index is 12.2. The lowest BCUT2D eigenvalue weighted by atomic mass is 9.97. The molecular formula is C20H26N6O2. The molecule has 8 heteroatoms. The molecule has 4 heterocycles. The first-order chi connectivity index (χ1) is 13.5. The number of hydrogen-bond donors (Lipinski definition) is 2. The molecule has 28 heavy (non-hydrogen) atoms. The number of pyridine rings is 1. The minimum atomic E-state index is -0.396. The van der Waals surface area contributed by atoms with Crippen LogP contribution in [0.4, 0.5) is 17.3 Å². The molecule has 0 saturated carbocycles. The van der Waals surface area contributed by atoms with E-state index < -0.39 is 5.97 Å². The Labute approximate surface area is 164 Å². The van der Waals surface area contributed by atoms with Gasteiger partial charge in [-0.1, -0.05) is 0 Å². The van der Waals surface area contributed by atoms with Crippen LogP contribution in [0.3, 0.4) is 0 Å². The topological polar surface area (TPSA) is 92.3 Å². The van der Waals surface area contributed by atoms with Gasteiger partial charge in [-0.2, -0.15) is 0 Å². The van der Waals surface area contributed by atoms with E-state index in [2.05, 4.69) is 37.5 Å². The fraction of sp³-hybridized carbons (Fsp3) is 0.500. The summed E-state index contributed by atoms with van der Waals surface area (Å²) in [6.45, 7) is 1.89. The Balaban J connectivity index is 1.56. The number of anilines is 3. The molecule has 0 spiro atoms. The molecule has 0 aliphatic carbocycles. The summed E-state index contributed by atoms with van der Waals surface area (Å²) in [5.74, 6) is 0.809. The van der Waals surface area contributed by atoms with Gasteiger partial charge >= 0.3 is 5.97 Å². The van der Waals surface area contributed by atoms with Crippen LogP contribution in [-0.2, 0) is 4.74 Å². The molecule has 2 unspecified atom stereocenters. The number of ether oxygens (including phenoxy) is 1. The Bertz CT molecular complexity index is 842. The number of rotatable bonds is 5. The molecular weight excluding hydrogens is 356 g/mol. The summed E-state index contributed by atoms with van der Waals surface area (Å²) < 4.78 is 4.94. The van der Waals surface area contributed by atoms with Gasteiger partial charge in [-0.15, -0.1) is 0 Å². The highest BCUT2D eigenvalue weighted by Gasteiger charge is 2.38. The maximum Gasteiger partial charge on any atom is 0.341 e.